The number of rotatable bonds is 4. The predicted molar refractivity (Wildman–Crippen MR) is 69.0 cm³/mol. The van der Waals surface area contributed by atoms with Gasteiger partial charge in [-0.3, -0.25) is 4.79 Å². The number of carbonyl (C=O) groups excluding carboxylic acids is 1. The molecule has 2 N–H and O–H groups in total. The first-order valence-electron chi connectivity index (χ1n) is 5.91. The molecule has 1 amide bonds. The van der Waals surface area contributed by atoms with Crippen LogP contribution >= 0.6 is 0 Å². The molecule has 1 atom stereocenters. The molecule has 1 unspecified atom stereocenters. The van der Waals surface area contributed by atoms with E-state index in [1.165, 1.54) is 5.56 Å². The molecule has 3 heteroatoms. The average Bonchev–Trinajstić information content (AvgIpc) is 2.24. The SMILES string of the molecule is CCC(Oc1cccc(C(C)(C)C)c1)C(N)=O. The van der Waals surface area contributed by atoms with Crippen LogP contribution in [0.3, 0.4) is 0 Å². The molecule has 0 aliphatic carbocycles. The van der Waals surface area contributed by atoms with Crippen LogP contribution in [0, 0.1) is 0 Å². The van der Waals surface area contributed by atoms with Crippen molar-refractivity contribution in [3.63, 3.8) is 0 Å². The fourth-order valence-electron chi connectivity index (χ4n) is 1.54. The molecule has 0 aliphatic rings. The molecule has 0 bridgehead atoms. The lowest BCUT2D eigenvalue weighted by molar-refractivity contribution is -0.124. The minimum absolute atomic E-state index is 0.0633. The molecule has 0 radical (unpaired) electrons. The van der Waals surface area contributed by atoms with Gasteiger partial charge in [-0.15, -0.1) is 0 Å². The number of primary amides is 1. The van der Waals surface area contributed by atoms with Crippen LogP contribution in [0.4, 0.5) is 0 Å². The molecule has 0 saturated carbocycles. The second-order valence-electron chi connectivity index (χ2n) is 5.19. The topological polar surface area (TPSA) is 52.3 Å². The van der Waals surface area contributed by atoms with Crippen LogP contribution in [0.2, 0.25) is 0 Å². The van der Waals surface area contributed by atoms with Crippen LogP contribution < -0.4 is 10.5 Å². The third-order valence-corrected chi connectivity index (χ3v) is 2.67. The number of nitrogens with two attached hydrogens (primary N) is 1. The molecule has 94 valence electrons. The zero-order chi connectivity index (χ0) is 13.1. The summed E-state index contributed by atoms with van der Waals surface area (Å²) in [5.74, 6) is 0.275. The van der Waals surface area contributed by atoms with Crippen molar-refractivity contribution in [2.45, 2.75) is 45.6 Å². The van der Waals surface area contributed by atoms with Gasteiger partial charge in [-0.2, -0.15) is 0 Å². The van der Waals surface area contributed by atoms with Gasteiger partial charge in [-0.05, 0) is 29.5 Å². The summed E-state index contributed by atoms with van der Waals surface area (Å²) in [6.07, 6.45) is 0.0277. The van der Waals surface area contributed by atoms with E-state index in [9.17, 15) is 4.79 Å². The summed E-state index contributed by atoms with van der Waals surface area (Å²) in [7, 11) is 0. The van der Waals surface area contributed by atoms with Gasteiger partial charge in [0.15, 0.2) is 6.10 Å². The van der Waals surface area contributed by atoms with Gasteiger partial charge >= 0.3 is 0 Å². The monoisotopic (exact) mass is 235 g/mol. The van der Waals surface area contributed by atoms with Crippen LogP contribution in [0.25, 0.3) is 0 Å². The van der Waals surface area contributed by atoms with Gasteiger partial charge in [0.1, 0.15) is 5.75 Å². The molecule has 3 nitrogen and oxygen atoms in total. The number of hydrogen-bond acceptors (Lipinski definition) is 2. The molecule has 0 heterocycles. The Morgan fingerprint density at radius 1 is 1.41 bits per heavy atom. The van der Waals surface area contributed by atoms with Crippen LogP contribution in [0.15, 0.2) is 24.3 Å². The Morgan fingerprint density at radius 3 is 2.53 bits per heavy atom. The molecular weight excluding hydrogens is 214 g/mol. The fourth-order valence-corrected chi connectivity index (χ4v) is 1.54. The highest BCUT2D eigenvalue weighted by Crippen LogP contribution is 2.26. The van der Waals surface area contributed by atoms with E-state index in [4.69, 9.17) is 10.5 Å². The average molecular weight is 235 g/mol. The van der Waals surface area contributed by atoms with Gasteiger partial charge < -0.3 is 10.5 Å². The van der Waals surface area contributed by atoms with Crippen molar-refractivity contribution in [2.75, 3.05) is 0 Å². The van der Waals surface area contributed by atoms with Crippen molar-refractivity contribution in [2.24, 2.45) is 5.73 Å². The summed E-state index contributed by atoms with van der Waals surface area (Å²) in [5, 5.41) is 0. The van der Waals surface area contributed by atoms with E-state index in [0.717, 1.165) is 0 Å². The van der Waals surface area contributed by atoms with Crippen molar-refractivity contribution < 1.29 is 9.53 Å². The second-order valence-corrected chi connectivity index (χ2v) is 5.19. The Balaban J connectivity index is 2.89. The maximum Gasteiger partial charge on any atom is 0.258 e. The minimum atomic E-state index is -0.551. The summed E-state index contributed by atoms with van der Waals surface area (Å²) in [4.78, 5) is 11.1. The van der Waals surface area contributed by atoms with Gasteiger partial charge in [0.25, 0.3) is 5.91 Å². The number of benzene rings is 1. The number of ether oxygens (including phenoxy) is 1. The lowest BCUT2D eigenvalue weighted by Gasteiger charge is -2.21. The molecule has 1 rings (SSSR count). The Morgan fingerprint density at radius 2 is 2.06 bits per heavy atom. The van der Waals surface area contributed by atoms with Gasteiger partial charge in [0.05, 0.1) is 0 Å². The summed E-state index contributed by atoms with van der Waals surface area (Å²) >= 11 is 0. The third-order valence-electron chi connectivity index (χ3n) is 2.67. The van der Waals surface area contributed by atoms with E-state index in [-0.39, 0.29) is 5.41 Å². The summed E-state index contributed by atoms with van der Waals surface area (Å²) < 4.78 is 5.59. The Kier molecular flexibility index (Phi) is 4.16. The Hall–Kier alpha value is -1.51. The van der Waals surface area contributed by atoms with Gasteiger partial charge in [0, 0.05) is 0 Å². The molecular formula is C14H21NO2. The zero-order valence-electron chi connectivity index (χ0n) is 11.0. The largest absolute Gasteiger partial charge is 0.481 e. The molecule has 1 aromatic rings. The predicted octanol–water partition coefficient (Wildman–Crippen LogP) is 2.63. The second kappa shape index (κ2) is 5.21. The number of carbonyl (C=O) groups is 1. The van der Waals surface area contributed by atoms with Crippen LogP contribution in [0.1, 0.15) is 39.7 Å². The van der Waals surface area contributed by atoms with Crippen molar-refractivity contribution in [1.29, 1.82) is 0 Å². The van der Waals surface area contributed by atoms with Crippen molar-refractivity contribution in [3.8, 4) is 5.75 Å². The lowest BCUT2D eigenvalue weighted by Crippen LogP contribution is -2.33. The smallest absolute Gasteiger partial charge is 0.258 e. The summed E-state index contributed by atoms with van der Waals surface area (Å²) in [5.41, 5.74) is 6.49. The maximum atomic E-state index is 11.1. The van der Waals surface area contributed by atoms with E-state index in [1.54, 1.807) is 0 Å². The molecule has 0 saturated heterocycles. The molecule has 0 aliphatic heterocycles. The van der Waals surface area contributed by atoms with E-state index in [0.29, 0.717) is 12.2 Å². The third kappa shape index (κ3) is 3.77. The number of amides is 1. The van der Waals surface area contributed by atoms with E-state index < -0.39 is 12.0 Å². The maximum absolute atomic E-state index is 11.1. The molecule has 1 aromatic carbocycles. The standard InChI is InChI=1S/C14H21NO2/c1-5-12(13(15)16)17-11-8-6-7-10(9-11)14(2,3)4/h6-9,12H,5H2,1-4H3,(H2,15,16). The molecule has 0 fully saturated rings. The first-order chi connectivity index (χ1) is 7.84. The van der Waals surface area contributed by atoms with Crippen molar-refractivity contribution in [3.05, 3.63) is 29.8 Å². The lowest BCUT2D eigenvalue weighted by atomic mass is 9.87. The van der Waals surface area contributed by atoms with Crippen LogP contribution in [-0.4, -0.2) is 12.0 Å². The fraction of sp³-hybridized carbons (Fsp3) is 0.500. The first kappa shape index (κ1) is 13.6. The van der Waals surface area contributed by atoms with Crippen LogP contribution in [0.5, 0.6) is 5.75 Å². The highest BCUT2D eigenvalue weighted by atomic mass is 16.5. The molecule has 0 aromatic heterocycles. The molecule has 17 heavy (non-hydrogen) atoms. The van der Waals surface area contributed by atoms with Crippen molar-refractivity contribution >= 4 is 5.91 Å². The highest BCUT2D eigenvalue weighted by molar-refractivity contribution is 5.79. The first-order valence-corrected chi connectivity index (χ1v) is 5.91. The Labute approximate surface area is 103 Å². The summed E-state index contributed by atoms with van der Waals surface area (Å²) in [6, 6.07) is 7.80. The van der Waals surface area contributed by atoms with Gasteiger partial charge in [0.2, 0.25) is 0 Å². The zero-order valence-corrected chi connectivity index (χ0v) is 11.0. The number of hydrogen-bond donors (Lipinski definition) is 1. The highest BCUT2D eigenvalue weighted by Gasteiger charge is 2.17. The minimum Gasteiger partial charge on any atom is -0.481 e. The van der Waals surface area contributed by atoms with E-state index >= 15 is 0 Å². The van der Waals surface area contributed by atoms with E-state index in [1.807, 2.05) is 25.1 Å². The normalized spacial score (nSPS) is 13.2. The van der Waals surface area contributed by atoms with Crippen LogP contribution in [-0.2, 0) is 10.2 Å². The quantitative estimate of drug-likeness (QED) is 0.872. The molecule has 0 spiro atoms. The van der Waals surface area contributed by atoms with Gasteiger partial charge in [-0.1, -0.05) is 39.8 Å². The summed E-state index contributed by atoms with van der Waals surface area (Å²) in [6.45, 7) is 8.29. The van der Waals surface area contributed by atoms with Gasteiger partial charge in [-0.25, -0.2) is 0 Å². The van der Waals surface area contributed by atoms with Crippen molar-refractivity contribution in [1.82, 2.24) is 0 Å². The Bertz CT molecular complexity index is 393. The van der Waals surface area contributed by atoms with E-state index in [2.05, 4.69) is 26.8 Å².